The largest absolute Gasteiger partial charge is 0.497 e. The molecule has 2 heteroatoms. The number of halogens is 1. The monoisotopic (exact) mass is 348 g/mol. The number of hydrogen-bond acceptors (Lipinski definition) is 1. The number of benzene rings is 1. The summed E-state index contributed by atoms with van der Waals surface area (Å²) in [5, 5.41) is 0. The van der Waals surface area contributed by atoms with Crippen LogP contribution in [0.5, 0.6) is 5.75 Å². The first-order valence-electron chi connectivity index (χ1n) is 8.41. The smallest absolute Gasteiger partial charge is 0.119 e. The first-order valence-corrected chi connectivity index (χ1v) is 9.33. The first kappa shape index (κ1) is 14.1. The van der Waals surface area contributed by atoms with Gasteiger partial charge < -0.3 is 4.74 Å². The Morgan fingerprint density at radius 1 is 1.29 bits per heavy atom. The van der Waals surface area contributed by atoms with E-state index in [1.807, 2.05) is 0 Å². The number of hydrogen-bond donors (Lipinski definition) is 0. The Bertz CT molecular complexity index is 554. The van der Waals surface area contributed by atoms with Gasteiger partial charge in [-0.15, -0.1) is 0 Å². The summed E-state index contributed by atoms with van der Waals surface area (Å²) in [5.74, 6) is 3.66. The molecule has 0 radical (unpaired) electrons. The van der Waals surface area contributed by atoms with Crippen molar-refractivity contribution in [2.75, 3.05) is 7.11 Å². The van der Waals surface area contributed by atoms with Crippen LogP contribution in [0.15, 0.2) is 18.2 Å². The molecule has 1 aromatic rings. The standard InChI is InChI=1S/C19H25BrO/c1-19-8-7-16-15-6-4-14(21-2)9-12(15)3-5-17(16)18(19)10-13(20)11-19/h4,6,9,13,16-18H,3,5,7-8,10-11H2,1-2H3/t13-,16-,17-,18+,19-/m1/s1. The minimum Gasteiger partial charge on any atom is -0.497 e. The van der Waals surface area contributed by atoms with Crippen molar-refractivity contribution in [3.05, 3.63) is 29.3 Å². The van der Waals surface area contributed by atoms with Gasteiger partial charge in [0.15, 0.2) is 0 Å². The van der Waals surface area contributed by atoms with E-state index < -0.39 is 0 Å². The fraction of sp³-hybridized carbons (Fsp3) is 0.684. The molecule has 1 nitrogen and oxygen atoms in total. The molecule has 0 saturated heterocycles. The zero-order chi connectivity index (χ0) is 14.6. The van der Waals surface area contributed by atoms with E-state index in [2.05, 4.69) is 41.1 Å². The number of aryl methyl sites for hydroxylation is 1. The van der Waals surface area contributed by atoms with E-state index in [-0.39, 0.29) is 0 Å². The zero-order valence-electron chi connectivity index (χ0n) is 13.1. The van der Waals surface area contributed by atoms with Crippen LogP contribution < -0.4 is 4.74 Å². The van der Waals surface area contributed by atoms with E-state index in [4.69, 9.17) is 4.74 Å². The zero-order valence-corrected chi connectivity index (χ0v) is 14.7. The Labute approximate surface area is 136 Å². The van der Waals surface area contributed by atoms with Gasteiger partial charge in [0.25, 0.3) is 0 Å². The highest BCUT2D eigenvalue weighted by atomic mass is 79.9. The number of rotatable bonds is 1. The number of fused-ring (bicyclic) bond motifs is 5. The van der Waals surface area contributed by atoms with Crippen LogP contribution in [0.2, 0.25) is 0 Å². The maximum Gasteiger partial charge on any atom is 0.119 e. The summed E-state index contributed by atoms with van der Waals surface area (Å²) in [6.45, 7) is 2.55. The highest BCUT2D eigenvalue weighted by Gasteiger charge is 2.52. The Balaban J connectivity index is 1.68. The number of alkyl halides is 1. The molecular weight excluding hydrogens is 324 g/mol. The maximum atomic E-state index is 5.41. The van der Waals surface area contributed by atoms with Crippen molar-refractivity contribution < 1.29 is 4.74 Å². The molecule has 3 aliphatic rings. The van der Waals surface area contributed by atoms with E-state index >= 15 is 0 Å². The van der Waals surface area contributed by atoms with Crippen molar-refractivity contribution in [2.45, 2.75) is 56.2 Å². The molecule has 3 aliphatic carbocycles. The maximum absolute atomic E-state index is 5.41. The van der Waals surface area contributed by atoms with Crippen LogP contribution in [0, 0.1) is 17.3 Å². The van der Waals surface area contributed by atoms with Gasteiger partial charge >= 0.3 is 0 Å². The fourth-order valence-corrected chi connectivity index (χ4v) is 6.80. The van der Waals surface area contributed by atoms with Gasteiger partial charge in [0.1, 0.15) is 5.75 Å². The lowest BCUT2D eigenvalue weighted by Gasteiger charge is -2.49. The second-order valence-electron chi connectivity index (χ2n) is 7.71. The normalized spacial score (nSPS) is 41.1. The first-order chi connectivity index (χ1) is 10.1. The molecule has 0 bridgehead atoms. The predicted octanol–water partition coefficient (Wildman–Crippen LogP) is 5.31. The van der Waals surface area contributed by atoms with Crippen LogP contribution in [-0.4, -0.2) is 11.9 Å². The Hall–Kier alpha value is -0.500. The Morgan fingerprint density at radius 2 is 2.14 bits per heavy atom. The third kappa shape index (κ3) is 2.17. The SMILES string of the molecule is COc1ccc2c(c1)CC[C@@H]1[C@@H]2CC[C@]2(C)C[C@H](Br)C[C@@H]12. The Morgan fingerprint density at radius 3 is 2.95 bits per heavy atom. The lowest BCUT2D eigenvalue weighted by atomic mass is 9.56. The summed E-state index contributed by atoms with van der Waals surface area (Å²) in [5.41, 5.74) is 3.78. The highest BCUT2D eigenvalue weighted by molar-refractivity contribution is 9.09. The van der Waals surface area contributed by atoms with Gasteiger partial charge in [0.2, 0.25) is 0 Å². The Kier molecular flexibility index (Phi) is 3.37. The summed E-state index contributed by atoms with van der Waals surface area (Å²) >= 11 is 3.91. The topological polar surface area (TPSA) is 9.23 Å². The van der Waals surface area contributed by atoms with Crippen molar-refractivity contribution in [3.63, 3.8) is 0 Å². The van der Waals surface area contributed by atoms with Crippen LogP contribution in [0.4, 0.5) is 0 Å². The molecule has 2 saturated carbocycles. The van der Waals surface area contributed by atoms with Crippen LogP contribution in [0.1, 0.15) is 56.1 Å². The van der Waals surface area contributed by atoms with Crippen molar-refractivity contribution in [1.82, 2.24) is 0 Å². The molecule has 5 atom stereocenters. The lowest BCUT2D eigenvalue weighted by molar-refractivity contribution is 0.0598. The second kappa shape index (κ2) is 5.01. The van der Waals surface area contributed by atoms with Gasteiger partial charge in [0, 0.05) is 4.83 Å². The van der Waals surface area contributed by atoms with Gasteiger partial charge in [0.05, 0.1) is 7.11 Å². The summed E-state index contributed by atoms with van der Waals surface area (Å²) < 4.78 is 5.41. The third-order valence-electron chi connectivity index (χ3n) is 6.65. The molecule has 0 heterocycles. The van der Waals surface area contributed by atoms with Gasteiger partial charge in [-0.1, -0.05) is 28.9 Å². The number of ether oxygens (including phenoxy) is 1. The molecule has 0 spiro atoms. The van der Waals surface area contributed by atoms with Crippen molar-refractivity contribution in [3.8, 4) is 5.75 Å². The molecule has 4 rings (SSSR count). The van der Waals surface area contributed by atoms with Crippen molar-refractivity contribution >= 4 is 15.9 Å². The molecule has 114 valence electrons. The lowest BCUT2D eigenvalue weighted by Crippen LogP contribution is -2.39. The molecule has 21 heavy (non-hydrogen) atoms. The minimum atomic E-state index is 0.597. The van der Waals surface area contributed by atoms with Crippen LogP contribution >= 0.6 is 15.9 Å². The third-order valence-corrected chi connectivity index (χ3v) is 7.35. The molecule has 2 fully saturated rings. The van der Waals surface area contributed by atoms with Gasteiger partial charge in [-0.25, -0.2) is 0 Å². The summed E-state index contributed by atoms with van der Waals surface area (Å²) in [6.07, 6.45) is 8.20. The van der Waals surface area contributed by atoms with E-state index in [1.165, 1.54) is 38.5 Å². The summed E-state index contributed by atoms with van der Waals surface area (Å²) in [4.78, 5) is 0.753. The highest BCUT2D eigenvalue weighted by Crippen LogP contribution is 2.61. The average Bonchev–Trinajstić information content (AvgIpc) is 2.80. The predicted molar refractivity (Wildman–Crippen MR) is 90.3 cm³/mol. The molecule has 0 N–H and O–H groups in total. The van der Waals surface area contributed by atoms with Crippen LogP contribution in [-0.2, 0) is 6.42 Å². The second-order valence-corrected chi connectivity index (χ2v) is 9.01. The minimum absolute atomic E-state index is 0.597. The molecule has 0 amide bonds. The summed E-state index contributed by atoms with van der Waals surface area (Å²) in [7, 11) is 1.77. The molecule has 0 aliphatic heterocycles. The fourth-order valence-electron chi connectivity index (χ4n) is 5.66. The average molecular weight is 349 g/mol. The molecule has 0 aromatic heterocycles. The van der Waals surface area contributed by atoms with Gasteiger partial charge in [-0.2, -0.15) is 0 Å². The van der Waals surface area contributed by atoms with E-state index in [0.717, 1.165) is 28.3 Å². The van der Waals surface area contributed by atoms with Gasteiger partial charge in [-0.05, 0) is 85.0 Å². The van der Waals surface area contributed by atoms with Crippen molar-refractivity contribution in [2.24, 2.45) is 17.3 Å². The molecular formula is C19H25BrO. The molecule has 1 aromatic carbocycles. The van der Waals surface area contributed by atoms with E-state index in [9.17, 15) is 0 Å². The summed E-state index contributed by atoms with van der Waals surface area (Å²) in [6, 6.07) is 6.80. The van der Waals surface area contributed by atoms with Crippen LogP contribution in [0.25, 0.3) is 0 Å². The van der Waals surface area contributed by atoms with E-state index in [1.54, 1.807) is 18.2 Å². The quantitative estimate of drug-likeness (QED) is 0.624. The van der Waals surface area contributed by atoms with Crippen LogP contribution in [0.3, 0.4) is 0 Å². The molecule has 0 unspecified atom stereocenters. The van der Waals surface area contributed by atoms with Gasteiger partial charge in [-0.3, -0.25) is 0 Å². The van der Waals surface area contributed by atoms with E-state index in [0.29, 0.717) is 5.41 Å². The van der Waals surface area contributed by atoms with Crippen molar-refractivity contribution in [1.29, 1.82) is 0 Å². The number of methoxy groups -OCH3 is 1.